The predicted molar refractivity (Wildman–Crippen MR) is 75.8 cm³/mol. The van der Waals surface area contributed by atoms with Gasteiger partial charge in [0.2, 0.25) is 5.91 Å². The lowest BCUT2D eigenvalue weighted by atomic mass is 9.94. The Hall–Kier alpha value is -0.870. The molecule has 1 fully saturated rings. The highest BCUT2D eigenvalue weighted by Gasteiger charge is 2.16. The summed E-state index contributed by atoms with van der Waals surface area (Å²) in [4.78, 5) is 14.5. The van der Waals surface area contributed by atoms with Gasteiger partial charge in [-0.15, -0.1) is 11.3 Å². The number of carbonyl (C=O) groups excluding carboxylic acids is 1. The van der Waals surface area contributed by atoms with E-state index in [4.69, 9.17) is 0 Å². The second kappa shape index (κ2) is 6.90. The highest BCUT2D eigenvalue weighted by molar-refractivity contribution is 7.11. The van der Waals surface area contributed by atoms with E-state index in [0.29, 0.717) is 18.9 Å². The lowest BCUT2D eigenvalue weighted by molar-refractivity contribution is -0.122. The van der Waals surface area contributed by atoms with Crippen molar-refractivity contribution >= 4 is 17.2 Å². The largest absolute Gasteiger partial charge is 0.351 e. The number of rotatable bonds is 5. The molecule has 18 heavy (non-hydrogen) atoms. The second-order valence-corrected chi connectivity index (χ2v) is 6.15. The number of thiophene rings is 1. The van der Waals surface area contributed by atoms with Crippen LogP contribution in [0.25, 0.3) is 0 Å². The molecule has 1 amide bonds. The quantitative estimate of drug-likeness (QED) is 0.858. The van der Waals surface area contributed by atoms with Crippen LogP contribution in [0.15, 0.2) is 12.1 Å². The Bertz CT molecular complexity index is 383. The Morgan fingerprint density at radius 1 is 1.39 bits per heavy atom. The number of piperidine rings is 1. The Morgan fingerprint density at radius 2 is 2.11 bits per heavy atom. The van der Waals surface area contributed by atoms with E-state index in [2.05, 4.69) is 29.7 Å². The monoisotopic (exact) mass is 266 g/mol. The smallest absolute Gasteiger partial charge is 0.220 e. The summed E-state index contributed by atoms with van der Waals surface area (Å²) in [6.45, 7) is 4.96. The molecular formula is C14H22N2OS. The molecule has 0 spiro atoms. The number of nitrogens with one attached hydrogen (secondary N) is 2. The maximum Gasteiger partial charge on any atom is 0.220 e. The number of hydrogen-bond acceptors (Lipinski definition) is 3. The van der Waals surface area contributed by atoms with Crippen LogP contribution in [0.2, 0.25) is 0 Å². The molecule has 3 nitrogen and oxygen atoms in total. The molecule has 0 unspecified atom stereocenters. The molecule has 2 N–H and O–H groups in total. The number of hydrogen-bond donors (Lipinski definition) is 2. The Kier molecular flexibility index (Phi) is 5.20. The van der Waals surface area contributed by atoms with Crippen LogP contribution >= 0.6 is 11.3 Å². The maximum absolute atomic E-state index is 11.8. The molecule has 0 aromatic carbocycles. The van der Waals surface area contributed by atoms with Gasteiger partial charge in [-0.25, -0.2) is 0 Å². The van der Waals surface area contributed by atoms with Crippen LogP contribution in [-0.2, 0) is 17.8 Å². The normalized spacial score (nSPS) is 16.7. The van der Waals surface area contributed by atoms with E-state index in [1.54, 1.807) is 11.3 Å². The first kappa shape index (κ1) is 13.6. The minimum atomic E-state index is 0.202. The molecular weight excluding hydrogens is 244 g/mol. The van der Waals surface area contributed by atoms with Gasteiger partial charge in [0.15, 0.2) is 0 Å². The van der Waals surface area contributed by atoms with Crippen molar-refractivity contribution in [2.24, 2.45) is 5.92 Å². The van der Waals surface area contributed by atoms with Crippen molar-refractivity contribution in [3.05, 3.63) is 21.9 Å². The van der Waals surface area contributed by atoms with Crippen LogP contribution in [-0.4, -0.2) is 19.0 Å². The molecule has 0 aliphatic carbocycles. The molecule has 1 aliphatic rings. The van der Waals surface area contributed by atoms with Crippen LogP contribution in [0, 0.1) is 5.92 Å². The third-order valence-electron chi connectivity index (χ3n) is 3.46. The molecule has 1 aromatic rings. The fourth-order valence-electron chi connectivity index (χ4n) is 2.31. The maximum atomic E-state index is 11.8. The van der Waals surface area contributed by atoms with E-state index in [1.165, 1.54) is 9.75 Å². The van der Waals surface area contributed by atoms with Crippen molar-refractivity contribution in [1.29, 1.82) is 0 Å². The van der Waals surface area contributed by atoms with Crippen molar-refractivity contribution in [3.8, 4) is 0 Å². The fourth-order valence-corrected chi connectivity index (χ4v) is 3.21. The first-order chi connectivity index (χ1) is 8.78. The van der Waals surface area contributed by atoms with Crippen LogP contribution < -0.4 is 10.6 Å². The minimum absolute atomic E-state index is 0.202. The Labute approximate surface area is 113 Å². The Morgan fingerprint density at radius 3 is 2.78 bits per heavy atom. The number of aryl methyl sites for hydroxylation is 1. The molecule has 2 rings (SSSR count). The molecule has 100 valence electrons. The highest BCUT2D eigenvalue weighted by atomic mass is 32.1. The molecule has 4 heteroatoms. The summed E-state index contributed by atoms with van der Waals surface area (Å²) in [7, 11) is 0. The lowest BCUT2D eigenvalue weighted by Crippen LogP contribution is -2.32. The molecule has 1 aromatic heterocycles. The minimum Gasteiger partial charge on any atom is -0.351 e. The van der Waals surface area contributed by atoms with Crippen molar-refractivity contribution in [1.82, 2.24) is 10.6 Å². The molecule has 1 saturated heterocycles. The standard InChI is InChI=1S/C14H22N2OS/c1-2-12-3-4-13(18-12)10-16-14(17)9-11-5-7-15-8-6-11/h3-4,11,15H,2,5-10H2,1H3,(H,16,17). The zero-order valence-corrected chi connectivity index (χ0v) is 11.8. The number of amides is 1. The summed E-state index contributed by atoms with van der Waals surface area (Å²) in [5, 5.41) is 6.36. The van der Waals surface area contributed by atoms with Crippen LogP contribution in [0.3, 0.4) is 0 Å². The topological polar surface area (TPSA) is 41.1 Å². The molecule has 0 saturated carbocycles. The summed E-state index contributed by atoms with van der Waals surface area (Å²) in [5.74, 6) is 0.772. The van der Waals surface area contributed by atoms with Gasteiger partial charge in [0.1, 0.15) is 0 Å². The fraction of sp³-hybridized carbons (Fsp3) is 0.643. The lowest BCUT2D eigenvalue weighted by Gasteiger charge is -2.21. The van der Waals surface area contributed by atoms with Gasteiger partial charge < -0.3 is 10.6 Å². The predicted octanol–water partition coefficient (Wildman–Crippen LogP) is 2.32. The third kappa shape index (κ3) is 4.10. The summed E-state index contributed by atoms with van der Waals surface area (Å²) in [6.07, 6.45) is 4.03. The zero-order chi connectivity index (χ0) is 12.8. The average molecular weight is 266 g/mol. The molecule has 0 atom stereocenters. The van der Waals surface area contributed by atoms with E-state index in [0.717, 1.165) is 32.4 Å². The van der Waals surface area contributed by atoms with Gasteiger partial charge >= 0.3 is 0 Å². The van der Waals surface area contributed by atoms with Crippen molar-refractivity contribution in [3.63, 3.8) is 0 Å². The summed E-state index contributed by atoms with van der Waals surface area (Å²) in [5.41, 5.74) is 0. The van der Waals surface area contributed by atoms with Gasteiger partial charge in [-0.2, -0.15) is 0 Å². The van der Waals surface area contributed by atoms with Gasteiger partial charge in [-0.3, -0.25) is 4.79 Å². The molecule has 2 heterocycles. The summed E-state index contributed by atoms with van der Waals surface area (Å²) < 4.78 is 0. The van der Waals surface area contributed by atoms with Crippen molar-refractivity contribution in [2.75, 3.05) is 13.1 Å². The first-order valence-corrected chi connectivity index (χ1v) is 7.64. The van der Waals surface area contributed by atoms with E-state index in [9.17, 15) is 4.79 Å². The van der Waals surface area contributed by atoms with Crippen LogP contribution in [0.5, 0.6) is 0 Å². The van der Waals surface area contributed by atoms with Crippen LogP contribution in [0.4, 0.5) is 0 Å². The van der Waals surface area contributed by atoms with E-state index < -0.39 is 0 Å². The number of carbonyl (C=O) groups is 1. The van der Waals surface area contributed by atoms with E-state index in [-0.39, 0.29) is 5.91 Å². The average Bonchev–Trinajstić information content (AvgIpc) is 2.85. The zero-order valence-electron chi connectivity index (χ0n) is 11.0. The van der Waals surface area contributed by atoms with Crippen molar-refractivity contribution < 1.29 is 4.79 Å². The van der Waals surface area contributed by atoms with Gasteiger partial charge in [-0.05, 0) is 50.4 Å². The SMILES string of the molecule is CCc1ccc(CNC(=O)CC2CCNCC2)s1. The second-order valence-electron chi connectivity index (χ2n) is 4.90. The third-order valence-corrected chi connectivity index (χ3v) is 4.69. The molecule has 0 bridgehead atoms. The Balaban J connectivity index is 1.70. The summed E-state index contributed by atoms with van der Waals surface area (Å²) >= 11 is 1.80. The van der Waals surface area contributed by atoms with Gasteiger partial charge in [0, 0.05) is 16.2 Å². The van der Waals surface area contributed by atoms with Gasteiger partial charge in [0.25, 0.3) is 0 Å². The first-order valence-electron chi connectivity index (χ1n) is 6.83. The van der Waals surface area contributed by atoms with Gasteiger partial charge in [-0.1, -0.05) is 6.92 Å². The molecule has 1 aliphatic heterocycles. The van der Waals surface area contributed by atoms with E-state index in [1.807, 2.05) is 0 Å². The van der Waals surface area contributed by atoms with Crippen LogP contribution in [0.1, 0.15) is 35.9 Å². The highest BCUT2D eigenvalue weighted by Crippen LogP contribution is 2.18. The van der Waals surface area contributed by atoms with Crippen molar-refractivity contribution in [2.45, 2.75) is 39.2 Å². The summed E-state index contributed by atoms with van der Waals surface area (Å²) in [6, 6.07) is 4.27. The van der Waals surface area contributed by atoms with E-state index >= 15 is 0 Å². The van der Waals surface area contributed by atoms with Gasteiger partial charge in [0.05, 0.1) is 6.54 Å². The molecule has 0 radical (unpaired) electrons.